The molecule has 0 saturated heterocycles. The number of esters is 1. The topological polar surface area (TPSA) is 26.3 Å². The quantitative estimate of drug-likeness (QED) is 0.503. The number of ether oxygens (including phenoxy) is 1. The minimum Gasteiger partial charge on any atom is -0.463 e. The van der Waals surface area contributed by atoms with E-state index in [1.165, 1.54) is 0 Å². The van der Waals surface area contributed by atoms with Gasteiger partial charge in [-0.3, -0.25) is 0 Å². The van der Waals surface area contributed by atoms with Gasteiger partial charge < -0.3 is 4.74 Å². The van der Waals surface area contributed by atoms with Crippen LogP contribution in [-0.2, 0) is 9.53 Å². The van der Waals surface area contributed by atoms with Crippen LogP contribution < -0.4 is 0 Å². The van der Waals surface area contributed by atoms with E-state index < -0.39 is 20.2 Å². The van der Waals surface area contributed by atoms with E-state index in [1.807, 2.05) is 19.6 Å². The van der Waals surface area contributed by atoms with Crippen molar-refractivity contribution in [3.05, 3.63) is 0 Å². The van der Waals surface area contributed by atoms with Gasteiger partial charge in [0.25, 0.3) is 0 Å². The molecule has 0 aliphatic rings. The number of carbonyl (C=O) groups is 1. The van der Waals surface area contributed by atoms with Gasteiger partial charge in [0.15, 0.2) is 0 Å². The van der Waals surface area contributed by atoms with Gasteiger partial charge in [-0.2, -0.15) is 13.2 Å². The van der Waals surface area contributed by atoms with Gasteiger partial charge >= 0.3 is 12.1 Å². The first kappa shape index (κ1) is 11.5. The zero-order valence-corrected chi connectivity index (χ0v) is 8.16. The fraction of sp³-hybridized carbons (Fsp3) is 0.833. The van der Waals surface area contributed by atoms with Crippen LogP contribution in [0.15, 0.2) is 0 Å². The molecule has 0 atom stereocenters. The number of rotatable bonds is 2. The smallest absolute Gasteiger partial charge is 0.463 e. The molecule has 0 aromatic heterocycles. The van der Waals surface area contributed by atoms with Gasteiger partial charge in [0.05, 0.1) is 14.3 Å². The van der Waals surface area contributed by atoms with E-state index in [4.69, 9.17) is 0 Å². The summed E-state index contributed by atoms with van der Waals surface area (Å²) in [7, 11) is -1.74. The van der Waals surface area contributed by atoms with Gasteiger partial charge in [0.1, 0.15) is 0 Å². The maximum Gasteiger partial charge on any atom is 0.490 e. The van der Waals surface area contributed by atoms with E-state index in [0.717, 1.165) is 0 Å². The molecule has 0 aromatic carbocycles. The second-order valence-electron chi connectivity index (χ2n) is 3.63. The lowest BCUT2D eigenvalue weighted by Crippen LogP contribution is -2.34. The van der Waals surface area contributed by atoms with Crippen molar-refractivity contribution >= 4 is 14.0 Å². The number of hydrogen-bond donors (Lipinski definition) is 0. The molecule has 0 spiro atoms. The van der Waals surface area contributed by atoms with Crippen LogP contribution >= 0.6 is 0 Å². The Morgan fingerprint density at radius 1 is 1.33 bits per heavy atom. The summed E-state index contributed by atoms with van der Waals surface area (Å²) in [6, 6.07) is 0. The molecule has 0 N–H and O–H groups in total. The zero-order valence-electron chi connectivity index (χ0n) is 7.16. The summed E-state index contributed by atoms with van der Waals surface area (Å²) in [6.45, 7) is 5.45. The lowest BCUT2D eigenvalue weighted by molar-refractivity contribution is -0.197. The molecular formula is C6H11F3O2Si. The summed E-state index contributed by atoms with van der Waals surface area (Å²) < 4.78 is 38.8. The number of hydrogen-bond acceptors (Lipinski definition) is 2. The summed E-state index contributed by atoms with van der Waals surface area (Å²) in [4.78, 5) is 10.2. The van der Waals surface area contributed by atoms with E-state index in [1.54, 1.807) is 0 Å². The van der Waals surface area contributed by atoms with Gasteiger partial charge in [-0.1, -0.05) is 19.6 Å². The molecular weight excluding hydrogens is 189 g/mol. The Morgan fingerprint density at radius 2 is 1.75 bits per heavy atom. The van der Waals surface area contributed by atoms with Crippen LogP contribution in [0.1, 0.15) is 0 Å². The maximum atomic E-state index is 11.6. The minimum atomic E-state index is -4.86. The standard InChI is InChI=1S/C6H11F3O2Si/c1-12(2,3)4-11-5(10)6(7,8)9/h4H2,1-3H3. The van der Waals surface area contributed by atoms with Crippen LogP contribution in [0.2, 0.25) is 19.6 Å². The number of alkyl halides is 3. The van der Waals surface area contributed by atoms with Gasteiger partial charge in [0.2, 0.25) is 0 Å². The van der Waals surface area contributed by atoms with E-state index in [0.29, 0.717) is 0 Å². The first-order valence-electron chi connectivity index (χ1n) is 3.37. The van der Waals surface area contributed by atoms with Crippen LogP contribution in [0, 0.1) is 0 Å². The molecule has 6 heteroatoms. The molecule has 0 unspecified atom stereocenters. The zero-order chi connectivity index (χ0) is 9.99. The van der Waals surface area contributed by atoms with Crippen molar-refractivity contribution in [2.24, 2.45) is 0 Å². The molecule has 0 saturated carbocycles. The maximum absolute atomic E-state index is 11.6. The highest BCUT2D eigenvalue weighted by atomic mass is 28.3. The molecule has 0 heterocycles. The second kappa shape index (κ2) is 3.47. The first-order chi connectivity index (χ1) is 5.13. The third-order valence-electron chi connectivity index (χ3n) is 0.868. The Kier molecular flexibility index (Phi) is 3.31. The Bertz CT molecular complexity index is 171. The van der Waals surface area contributed by atoms with Crippen molar-refractivity contribution in [3.63, 3.8) is 0 Å². The molecule has 0 aromatic rings. The van der Waals surface area contributed by atoms with Crippen molar-refractivity contribution < 1.29 is 22.7 Å². The Morgan fingerprint density at radius 3 is 2.00 bits per heavy atom. The largest absolute Gasteiger partial charge is 0.490 e. The lowest BCUT2D eigenvalue weighted by Gasteiger charge is -2.16. The molecule has 0 rings (SSSR count). The number of carbonyl (C=O) groups excluding carboxylic acids is 1. The first-order valence-corrected chi connectivity index (χ1v) is 7.07. The minimum absolute atomic E-state index is 0.0919. The van der Waals surface area contributed by atoms with Crippen LogP contribution in [0.5, 0.6) is 0 Å². The Hall–Kier alpha value is -0.523. The fourth-order valence-electron chi connectivity index (χ4n) is 0.364. The van der Waals surface area contributed by atoms with E-state index in [9.17, 15) is 18.0 Å². The van der Waals surface area contributed by atoms with Crippen LogP contribution in [0.3, 0.4) is 0 Å². The van der Waals surface area contributed by atoms with Crippen molar-refractivity contribution in [3.8, 4) is 0 Å². The summed E-state index contributed by atoms with van der Waals surface area (Å²) in [5, 5.41) is 0. The summed E-state index contributed by atoms with van der Waals surface area (Å²) in [5.41, 5.74) is 0. The molecule has 0 amide bonds. The molecule has 0 aliphatic heterocycles. The molecule has 2 nitrogen and oxygen atoms in total. The lowest BCUT2D eigenvalue weighted by atomic mass is 10.7. The van der Waals surface area contributed by atoms with Gasteiger partial charge in [-0.15, -0.1) is 0 Å². The fourth-order valence-corrected chi connectivity index (χ4v) is 0.928. The monoisotopic (exact) mass is 200 g/mol. The summed E-state index contributed by atoms with van der Waals surface area (Å²) >= 11 is 0. The van der Waals surface area contributed by atoms with Crippen LogP contribution in [-0.4, -0.2) is 26.4 Å². The Labute approximate surface area is 69.7 Å². The molecule has 0 radical (unpaired) electrons. The number of halogens is 3. The molecule has 0 fully saturated rings. The Balaban J connectivity index is 3.90. The van der Waals surface area contributed by atoms with E-state index >= 15 is 0 Å². The van der Waals surface area contributed by atoms with Crippen molar-refractivity contribution in [1.29, 1.82) is 0 Å². The highest BCUT2D eigenvalue weighted by Gasteiger charge is 2.41. The van der Waals surface area contributed by atoms with Gasteiger partial charge in [-0.05, 0) is 0 Å². The third-order valence-corrected chi connectivity index (χ3v) is 1.88. The summed E-state index contributed by atoms with van der Waals surface area (Å²) in [6.07, 6.45) is -4.95. The van der Waals surface area contributed by atoms with E-state index in [2.05, 4.69) is 4.74 Å². The van der Waals surface area contributed by atoms with Crippen LogP contribution in [0.25, 0.3) is 0 Å². The SMILES string of the molecule is C[Si](C)(C)COC(=O)C(F)(F)F. The average Bonchev–Trinajstić information content (AvgIpc) is 1.78. The van der Waals surface area contributed by atoms with E-state index in [-0.39, 0.29) is 6.23 Å². The van der Waals surface area contributed by atoms with Crippen molar-refractivity contribution in [2.45, 2.75) is 25.8 Å². The molecule has 12 heavy (non-hydrogen) atoms. The van der Waals surface area contributed by atoms with Gasteiger partial charge in [-0.25, -0.2) is 4.79 Å². The average molecular weight is 200 g/mol. The van der Waals surface area contributed by atoms with Gasteiger partial charge in [0, 0.05) is 0 Å². The highest BCUT2D eigenvalue weighted by Crippen LogP contribution is 2.17. The molecule has 72 valence electrons. The highest BCUT2D eigenvalue weighted by molar-refractivity contribution is 6.76. The van der Waals surface area contributed by atoms with Crippen LogP contribution in [0.4, 0.5) is 13.2 Å². The second-order valence-corrected chi connectivity index (χ2v) is 9.04. The normalized spacial score (nSPS) is 12.8. The predicted molar refractivity (Wildman–Crippen MR) is 40.4 cm³/mol. The van der Waals surface area contributed by atoms with Crippen molar-refractivity contribution in [1.82, 2.24) is 0 Å². The third kappa shape index (κ3) is 5.17. The predicted octanol–water partition coefficient (Wildman–Crippen LogP) is 1.97. The van der Waals surface area contributed by atoms with Crippen molar-refractivity contribution in [2.75, 3.05) is 6.23 Å². The summed E-state index contributed by atoms with van der Waals surface area (Å²) in [5.74, 6) is -2.09. The molecule has 0 bridgehead atoms. The molecule has 0 aliphatic carbocycles.